The Morgan fingerprint density at radius 3 is 2.36 bits per heavy atom. The molecule has 0 aliphatic carbocycles. The van der Waals surface area contributed by atoms with E-state index in [4.69, 9.17) is 9.47 Å². The monoisotopic (exact) mass is 298 g/mol. The van der Waals surface area contributed by atoms with E-state index < -0.39 is 6.03 Å². The Morgan fingerprint density at radius 1 is 1.00 bits per heavy atom. The lowest BCUT2D eigenvalue weighted by Gasteiger charge is -2.11. The number of ether oxygens (including phenoxy) is 2. The molecule has 2 aromatic carbocycles. The molecule has 1 aliphatic heterocycles. The molecule has 0 aromatic heterocycles. The van der Waals surface area contributed by atoms with E-state index in [0.29, 0.717) is 28.4 Å². The summed E-state index contributed by atoms with van der Waals surface area (Å²) in [5, 5.41) is 5.35. The lowest BCUT2D eigenvalue weighted by atomic mass is 10.1. The van der Waals surface area contributed by atoms with Crippen molar-refractivity contribution in [2.24, 2.45) is 0 Å². The average molecular weight is 298 g/mol. The Morgan fingerprint density at radius 2 is 1.68 bits per heavy atom. The summed E-state index contributed by atoms with van der Waals surface area (Å²) in [5.74, 6) is 0.826. The number of urea groups is 1. The number of fused-ring (bicyclic) bond motifs is 1. The summed E-state index contributed by atoms with van der Waals surface area (Å²) in [6.07, 6.45) is 0. The van der Waals surface area contributed by atoms with Crippen LogP contribution in [0.1, 0.15) is 17.3 Å². The van der Waals surface area contributed by atoms with Gasteiger partial charge in [-0.1, -0.05) is 18.2 Å². The molecule has 1 heterocycles. The van der Waals surface area contributed by atoms with E-state index in [-0.39, 0.29) is 12.6 Å². The van der Waals surface area contributed by atoms with Crippen molar-refractivity contribution in [3.63, 3.8) is 0 Å². The highest BCUT2D eigenvalue weighted by Gasteiger charge is 2.20. The van der Waals surface area contributed by atoms with E-state index >= 15 is 0 Å². The summed E-state index contributed by atoms with van der Waals surface area (Å²) in [4.78, 5) is 23.8. The highest BCUT2D eigenvalue weighted by molar-refractivity contribution is 6.07. The molecule has 0 fully saturated rings. The van der Waals surface area contributed by atoms with E-state index in [9.17, 15) is 9.59 Å². The van der Waals surface area contributed by atoms with Crippen LogP contribution >= 0.6 is 0 Å². The van der Waals surface area contributed by atoms with Crippen LogP contribution in [0.15, 0.2) is 42.5 Å². The van der Waals surface area contributed by atoms with E-state index in [0.717, 1.165) is 0 Å². The van der Waals surface area contributed by atoms with Gasteiger partial charge in [-0.05, 0) is 25.1 Å². The van der Waals surface area contributed by atoms with Gasteiger partial charge in [0.25, 0.3) is 0 Å². The minimum Gasteiger partial charge on any atom is -0.454 e. The highest BCUT2D eigenvalue weighted by Crippen LogP contribution is 2.37. The van der Waals surface area contributed by atoms with E-state index in [1.165, 1.54) is 6.92 Å². The molecule has 112 valence electrons. The van der Waals surface area contributed by atoms with Crippen LogP contribution in [0.5, 0.6) is 11.5 Å². The topological polar surface area (TPSA) is 76.7 Å². The maximum Gasteiger partial charge on any atom is 0.323 e. The zero-order chi connectivity index (χ0) is 15.5. The molecule has 0 saturated carbocycles. The minimum atomic E-state index is -0.437. The van der Waals surface area contributed by atoms with E-state index in [2.05, 4.69) is 10.6 Å². The molecule has 3 rings (SSSR count). The van der Waals surface area contributed by atoms with Crippen LogP contribution in [0, 0.1) is 0 Å². The van der Waals surface area contributed by atoms with Crippen LogP contribution < -0.4 is 20.1 Å². The second-order valence-electron chi connectivity index (χ2n) is 4.75. The molecule has 0 bridgehead atoms. The number of Topliss-reactive ketones (excluding diaryl/α,β-unsaturated/α-hetero) is 1. The summed E-state index contributed by atoms with van der Waals surface area (Å²) in [6, 6.07) is 11.7. The number of amides is 2. The fraction of sp³-hybridized carbons (Fsp3) is 0.125. The number of nitrogens with one attached hydrogen (secondary N) is 2. The van der Waals surface area contributed by atoms with Gasteiger partial charge in [0.1, 0.15) is 0 Å². The molecule has 0 spiro atoms. The van der Waals surface area contributed by atoms with Gasteiger partial charge in [0.05, 0.1) is 5.69 Å². The maximum atomic E-state index is 12.1. The molecular formula is C16H14N2O4. The molecule has 0 unspecified atom stereocenters. The van der Waals surface area contributed by atoms with Crippen LogP contribution in [-0.2, 0) is 0 Å². The number of benzene rings is 2. The van der Waals surface area contributed by atoms with Crippen LogP contribution in [0.3, 0.4) is 0 Å². The van der Waals surface area contributed by atoms with Gasteiger partial charge in [0.2, 0.25) is 6.79 Å². The van der Waals surface area contributed by atoms with Crippen molar-refractivity contribution in [2.45, 2.75) is 6.92 Å². The number of para-hydroxylation sites is 1. The molecule has 0 atom stereocenters. The SMILES string of the molecule is CC(=O)c1cc2c(cc1NC(=O)Nc1ccccc1)OCO2. The second kappa shape index (κ2) is 5.77. The van der Waals surface area contributed by atoms with Crippen molar-refractivity contribution in [3.8, 4) is 11.5 Å². The summed E-state index contributed by atoms with van der Waals surface area (Å²) in [7, 11) is 0. The standard InChI is InChI=1S/C16H14N2O4/c1-10(19)12-7-14-15(22-9-21-14)8-13(12)18-16(20)17-11-5-3-2-4-6-11/h2-8H,9H2,1H3,(H2,17,18,20). The number of hydrogen-bond acceptors (Lipinski definition) is 4. The molecule has 0 saturated heterocycles. The Hall–Kier alpha value is -3.02. The second-order valence-corrected chi connectivity index (χ2v) is 4.75. The number of anilines is 2. The van der Waals surface area contributed by atoms with E-state index in [1.54, 1.807) is 24.3 Å². The maximum absolute atomic E-state index is 12.1. The molecule has 1 aliphatic rings. The summed E-state index contributed by atoms with van der Waals surface area (Å²) in [6.45, 7) is 1.53. The van der Waals surface area contributed by atoms with Gasteiger partial charge < -0.3 is 20.1 Å². The van der Waals surface area contributed by atoms with Crippen LogP contribution in [0.4, 0.5) is 16.2 Å². The van der Waals surface area contributed by atoms with Crippen molar-refractivity contribution in [1.29, 1.82) is 0 Å². The fourth-order valence-electron chi connectivity index (χ4n) is 2.14. The van der Waals surface area contributed by atoms with Crippen molar-refractivity contribution < 1.29 is 19.1 Å². The molecule has 2 aromatic rings. The number of ketones is 1. The fourth-order valence-corrected chi connectivity index (χ4v) is 2.14. The van der Waals surface area contributed by atoms with E-state index in [1.807, 2.05) is 18.2 Å². The van der Waals surface area contributed by atoms with Gasteiger partial charge in [-0.2, -0.15) is 0 Å². The molecular weight excluding hydrogens is 284 g/mol. The van der Waals surface area contributed by atoms with Crippen molar-refractivity contribution in [2.75, 3.05) is 17.4 Å². The first-order valence-corrected chi connectivity index (χ1v) is 6.71. The van der Waals surface area contributed by atoms with Gasteiger partial charge in [-0.25, -0.2) is 4.79 Å². The third kappa shape index (κ3) is 2.85. The molecule has 6 heteroatoms. The lowest BCUT2D eigenvalue weighted by Crippen LogP contribution is -2.20. The van der Waals surface area contributed by atoms with Gasteiger partial charge in [-0.3, -0.25) is 4.79 Å². The number of carbonyl (C=O) groups excluding carboxylic acids is 2. The first-order chi connectivity index (χ1) is 10.6. The van der Waals surface area contributed by atoms with Gasteiger partial charge >= 0.3 is 6.03 Å². The first-order valence-electron chi connectivity index (χ1n) is 6.71. The third-order valence-corrected chi connectivity index (χ3v) is 3.17. The smallest absolute Gasteiger partial charge is 0.323 e. The molecule has 6 nitrogen and oxygen atoms in total. The quantitative estimate of drug-likeness (QED) is 0.853. The van der Waals surface area contributed by atoms with Crippen molar-refractivity contribution in [1.82, 2.24) is 0 Å². The van der Waals surface area contributed by atoms with Crippen LogP contribution in [-0.4, -0.2) is 18.6 Å². The zero-order valence-corrected chi connectivity index (χ0v) is 11.9. The molecule has 2 N–H and O–H groups in total. The molecule has 22 heavy (non-hydrogen) atoms. The van der Waals surface area contributed by atoms with Crippen LogP contribution in [0.2, 0.25) is 0 Å². The largest absolute Gasteiger partial charge is 0.454 e. The summed E-state index contributed by atoms with van der Waals surface area (Å²) >= 11 is 0. The first kappa shape index (κ1) is 13.9. The van der Waals surface area contributed by atoms with Gasteiger partial charge in [0, 0.05) is 17.3 Å². The summed E-state index contributed by atoms with van der Waals surface area (Å²) < 4.78 is 10.5. The number of hydrogen-bond donors (Lipinski definition) is 2. The minimum absolute atomic E-state index is 0.104. The van der Waals surface area contributed by atoms with Crippen molar-refractivity contribution >= 4 is 23.2 Å². The lowest BCUT2D eigenvalue weighted by molar-refractivity contribution is 0.101. The zero-order valence-electron chi connectivity index (χ0n) is 11.9. The predicted octanol–water partition coefficient (Wildman–Crippen LogP) is 3.26. The Labute approximate surface area is 127 Å². The third-order valence-electron chi connectivity index (χ3n) is 3.17. The normalized spacial score (nSPS) is 11.9. The predicted molar refractivity (Wildman–Crippen MR) is 81.7 cm³/mol. The number of rotatable bonds is 3. The Kier molecular flexibility index (Phi) is 3.65. The Balaban J connectivity index is 1.82. The van der Waals surface area contributed by atoms with Crippen molar-refractivity contribution in [3.05, 3.63) is 48.0 Å². The summed E-state index contributed by atoms with van der Waals surface area (Å²) in [5.41, 5.74) is 1.41. The van der Waals surface area contributed by atoms with Gasteiger partial charge in [0.15, 0.2) is 17.3 Å². The molecule has 2 amide bonds. The highest BCUT2D eigenvalue weighted by atomic mass is 16.7. The Bertz CT molecular complexity index is 728. The van der Waals surface area contributed by atoms with Crippen LogP contribution in [0.25, 0.3) is 0 Å². The van der Waals surface area contributed by atoms with Gasteiger partial charge in [-0.15, -0.1) is 0 Å². The average Bonchev–Trinajstić information content (AvgIpc) is 2.94. The molecule has 0 radical (unpaired) electrons. The number of carbonyl (C=O) groups is 2.